The quantitative estimate of drug-likeness (QED) is 0.790. The van der Waals surface area contributed by atoms with Gasteiger partial charge < -0.3 is 16.0 Å². The van der Waals surface area contributed by atoms with E-state index >= 15 is 0 Å². The van der Waals surface area contributed by atoms with Crippen molar-refractivity contribution in [2.24, 2.45) is 17.1 Å². The first-order valence-corrected chi connectivity index (χ1v) is 7.83. The number of nitrogens with two attached hydrogens (primary N) is 1. The zero-order valence-electron chi connectivity index (χ0n) is 12.5. The van der Waals surface area contributed by atoms with Gasteiger partial charge in [0.25, 0.3) is 0 Å². The fraction of sp³-hybridized carbons (Fsp3) is 0.933. The van der Waals surface area contributed by atoms with E-state index in [1.54, 1.807) is 0 Å². The van der Waals surface area contributed by atoms with Crippen LogP contribution in [-0.4, -0.2) is 43.0 Å². The van der Waals surface area contributed by atoms with Gasteiger partial charge in [-0.2, -0.15) is 0 Å². The molecule has 0 bridgehead atoms. The molecule has 1 aliphatic heterocycles. The number of nitrogens with one attached hydrogen (secondary N) is 1. The average Bonchev–Trinajstić information content (AvgIpc) is 2.37. The summed E-state index contributed by atoms with van der Waals surface area (Å²) < 4.78 is 0. The van der Waals surface area contributed by atoms with Crippen LogP contribution in [0.1, 0.15) is 46.0 Å². The maximum absolute atomic E-state index is 12.4. The highest BCUT2D eigenvalue weighted by Gasteiger charge is 2.47. The van der Waals surface area contributed by atoms with Crippen molar-refractivity contribution in [1.82, 2.24) is 10.2 Å². The molecule has 4 nitrogen and oxygen atoms in total. The molecular formula is C15H29N3O. The van der Waals surface area contributed by atoms with Gasteiger partial charge in [-0.1, -0.05) is 13.8 Å². The molecule has 4 heteroatoms. The van der Waals surface area contributed by atoms with Crippen LogP contribution in [0.3, 0.4) is 0 Å². The average molecular weight is 267 g/mol. The number of carbonyl (C=O) groups excluding carboxylic acids is 1. The van der Waals surface area contributed by atoms with Crippen molar-refractivity contribution in [1.29, 1.82) is 0 Å². The van der Waals surface area contributed by atoms with Crippen molar-refractivity contribution < 1.29 is 4.79 Å². The number of carbonyl (C=O) groups is 1. The van der Waals surface area contributed by atoms with Crippen molar-refractivity contribution in [3.05, 3.63) is 0 Å². The lowest BCUT2D eigenvalue weighted by molar-refractivity contribution is -0.139. The molecule has 1 amide bonds. The van der Waals surface area contributed by atoms with Gasteiger partial charge in [-0.15, -0.1) is 0 Å². The Morgan fingerprint density at radius 3 is 2.47 bits per heavy atom. The molecule has 0 aromatic carbocycles. The van der Waals surface area contributed by atoms with Crippen LogP contribution in [0.25, 0.3) is 0 Å². The van der Waals surface area contributed by atoms with Gasteiger partial charge in [-0.25, -0.2) is 0 Å². The molecule has 2 fully saturated rings. The van der Waals surface area contributed by atoms with E-state index in [-0.39, 0.29) is 11.3 Å². The number of nitrogens with zero attached hydrogens (tertiary/aromatic N) is 1. The van der Waals surface area contributed by atoms with Gasteiger partial charge >= 0.3 is 0 Å². The van der Waals surface area contributed by atoms with Crippen LogP contribution in [0.2, 0.25) is 0 Å². The van der Waals surface area contributed by atoms with Gasteiger partial charge in [0.15, 0.2) is 0 Å². The third-order valence-electron chi connectivity index (χ3n) is 4.81. The molecule has 0 spiro atoms. The third-order valence-corrected chi connectivity index (χ3v) is 4.81. The van der Waals surface area contributed by atoms with Gasteiger partial charge in [0.2, 0.25) is 5.91 Å². The van der Waals surface area contributed by atoms with Gasteiger partial charge in [0, 0.05) is 25.7 Å². The van der Waals surface area contributed by atoms with Gasteiger partial charge in [-0.3, -0.25) is 4.79 Å². The number of piperidine rings is 1. The maximum atomic E-state index is 12.4. The second-order valence-corrected chi connectivity index (χ2v) is 6.59. The second kappa shape index (κ2) is 6.23. The molecule has 1 saturated carbocycles. The number of hydrogen-bond acceptors (Lipinski definition) is 3. The van der Waals surface area contributed by atoms with E-state index in [1.165, 1.54) is 13.0 Å². The molecule has 3 N–H and O–H groups in total. The summed E-state index contributed by atoms with van der Waals surface area (Å²) in [6.07, 6.45) is 5.31. The molecule has 2 rings (SSSR count). The number of rotatable bonds is 5. The van der Waals surface area contributed by atoms with E-state index in [0.29, 0.717) is 18.5 Å². The first kappa shape index (κ1) is 14.8. The van der Waals surface area contributed by atoms with E-state index < -0.39 is 0 Å². The lowest BCUT2D eigenvalue weighted by Crippen LogP contribution is -2.56. The van der Waals surface area contributed by atoms with E-state index in [0.717, 1.165) is 38.8 Å². The van der Waals surface area contributed by atoms with Crippen LogP contribution in [0.5, 0.6) is 0 Å². The Labute approximate surface area is 117 Å². The summed E-state index contributed by atoms with van der Waals surface area (Å²) in [5.41, 5.74) is 5.58. The Balaban J connectivity index is 1.77. The summed E-state index contributed by atoms with van der Waals surface area (Å²) in [5, 5.41) is 3.25. The molecule has 19 heavy (non-hydrogen) atoms. The van der Waals surface area contributed by atoms with Crippen molar-refractivity contribution in [3.63, 3.8) is 0 Å². The van der Waals surface area contributed by atoms with Gasteiger partial charge in [0.05, 0.1) is 5.41 Å². The molecule has 0 aromatic rings. The minimum absolute atomic E-state index is 0.210. The first-order chi connectivity index (χ1) is 9.09. The monoisotopic (exact) mass is 267 g/mol. The predicted octanol–water partition coefficient (Wildman–Crippen LogP) is 1.35. The Morgan fingerprint density at radius 1 is 1.37 bits per heavy atom. The standard InChI is InChI=1S/C15H29N3O/c1-3-6-18-7-4-13(5-8-18)17-14(19)15(11-16)9-12(2)10-15/h12-13H,3-11,16H2,1-2H3,(H,17,19). The molecule has 0 radical (unpaired) electrons. The summed E-state index contributed by atoms with van der Waals surface area (Å²) in [7, 11) is 0. The van der Waals surface area contributed by atoms with Crippen LogP contribution >= 0.6 is 0 Å². The van der Waals surface area contributed by atoms with Crippen molar-refractivity contribution in [2.75, 3.05) is 26.2 Å². The normalized spacial score (nSPS) is 32.9. The fourth-order valence-electron chi connectivity index (χ4n) is 3.67. The molecular weight excluding hydrogens is 238 g/mol. The smallest absolute Gasteiger partial charge is 0.227 e. The summed E-state index contributed by atoms with van der Waals surface area (Å²) >= 11 is 0. The molecule has 0 unspecified atom stereocenters. The van der Waals surface area contributed by atoms with Gasteiger partial charge in [-0.05, 0) is 44.6 Å². The maximum Gasteiger partial charge on any atom is 0.227 e. The van der Waals surface area contributed by atoms with E-state index in [9.17, 15) is 4.79 Å². The minimum Gasteiger partial charge on any atom is -0.353 e. The zero-order valence-corrected chi connectivity index (χ0v) is 12.5. The topological polar surface area (TPSA) is 58.4 Å². The number of amides is 1. The number of likely N-dealkylation sites (tertiary alicyclic amines) is 1. The second-order valence-electron chi connectivity index (χ2n) is 6.59. The first-order valence-electron chi connectivity index (χ1n) is 7.83. The van der Waals surface area contributed by atoms with E-state index in [4.69, 9.17) is 5.73 Å². The van der Waals surface area contributed by atoms with Crippen LogP contribution < -0.4 is 11.1 Å². The lowest BCUT2D eigenvalue weighted by atomic mass is 9.62. The van der Waals surface area contributed by atoms with E-state index in [1.807, 2.05) is 0 Å². The fourth-order valence-corrected chi connectivity index (χ4v) is 3.67. The molecule has 110 valence electrons. The predicted molar refractivity (Wildman–Crippen MR) is 77.8 cm³/mol. The highest BCUT2D eigenvalue weighted by molar-refractivity contribution is 5.84. The SMILES string of the molecule is CCCN1CCC(NC(=O)C2(CN)CC(C)C2)CC1. The summed E-state index contributed by atoms with van der Waals surface area (Å²) in [6.45, 7) is 8.33. The van der Waals surface area contributed by atoms with Crippen molar-refractivity contribution in [2.45, 2.75) is 52.0 Å². The van der Waals surface area contributed by atoms with Crippen LogP contribution in [-0.2, 0) is 4.79 Å². The van der Waals surface area contributed by atoms with Gasteiger partial charge in [0.1, 0.15) is 0 Å². The molecule has 0 aromatic heterocycles. The largest absolute Gasteiger partial charge is 0.353 e. The van der Waals surface area contributed by atoms with Crippen LogP contribution in [0.15, 0.2) is 0 Å². The molecule has 1 aliphatic carbocycles. The summed E-state index contributed by atoms with van der Waals surface area (Å²) in [4.78, 5) is 14.9. The zero-order chi connectivity index (χ0) is 13.9. The third kappa shape index (κ3) is 3.29. The Morgan fingerprint density at radius 2 is 2.00 bits per heavy atom. The highest BCUT2D eigenvalue weighted by atomic mass is 16.2. The van der Waals surface area contributed by atoms with Crippen molar-refractivity contribution in [3.8, 4) is 0 Å². The Kier molecular flexibility index (Phi) is 4.85. The Bertz CT molecular complexity index is 305. The molecule has 0 atom stereocenters. The van der Waals surface area contributed by atoms with E-state index in [2.05, 4.69) is 24.1 Å². The Hall–Kier alpha value is -0.610. The van der Waals surface area contributed by atoms with Crippen LogP contribution in [0, 0.1) is 11.3 Å². The minimum atomic E-state index is -0.250. The molecule has 1 heterocycles. The van der Waals surface area contributed by atoms with Crippen molar-refractivity contribution >= 4 is 5.91 Å². The molecule has 1 saturated heterocycles. The number of hydrogen-bond donors (Lipinski definition) is 2. The lowest BCUT2D eigenvalue weighted by Gasteiger charge is -2.45. The summed E-state index contributed by atoms with van der Waals surface area (Å²) in [5.74, 6) is 0.864. The molecule has 2 aliphatic rings. The summed E-state index contributed by atoms with van der Waals surface area (Å²) in [6, 6.07) is 0.361. The highest BCUT2D eigenvalue weighted by Crippen LogP contribution is 2.44. The van der Waals surface area contributed by atoms with Crippen LogP contribution in [0.4, 0.5) is 0 Å².